The molecule has 1 saturated heterocycles. The molecule has 3 aliphatic rings. The van der Waals surface area contributed by atoms with Crippen molar-refractivity contribution in [3.63, 3.8) is 0 Å². The van der Waals surface area contributed by atoms with Gasteiger partial charge < -0.3 is 10.0 Å². The van der Waals surface area contributed by atoms with Crippen molar-refractivity contribution in [3.8, 4) is 0 Å². The number of aliphatic carboxylic acids is 1. The number of aryl methyl sites for hydroxylation is 2. The molecule has 4 rings (SSSR count). The van der Waals surface area contributed by atoms with Gasteiger partial charge in [0.05, 0.1) is 10.8 Å². The number of hydrogen-bond acceptors (Lipinski definition) is 3. The number of amides is 1. The summed E-state index contributed by atoms with van der Waals surface area (Å²) in [5.41, 5.74) is 1.34. The molecule has 0 bridgehead atoms. The topological polar surface area (TPSA) is 57.6 Å². The molecule has 5 heteroatoms. The maximum atomic E-state index is 12.8. The second kappa shape index (κ2) is 5.37. The quantitative estimate of drug-likeness (QED) is 0.932. The third kappa shape index (κ3) is 2.45. The van der Waals surface area contributed by atoms with Gasteiger partial charge in [-0.2, -0.15) is 0 Å². The van der Waals surface area contributed by atoms with Crippen molar-refractivity contribution in [2.45, 2.75) is 38.5 Å². The van der Waals surface area contributed by atoms with Crippen LogP contribution in [0.1, 0.15) is 45.8 Å². The van der Waals surface area contributed by atoms with Gasteiger partial charge in [0.1, 0.15) is 0 Å². The summed E-state index contributed by atoms with van der Waals surface area (Å²) in [5.74, 6) is -0.371. The molecule has 0 spiro atoms. The fourth-order valence-electron chi connectivity index (χ4n) is 4.01. The number of carbonyl (C=O) groups excluding carboxylic acids is 1. The molecule has 0 unspecified atom stereocenters. The smallest absolute Gasteiger partial charge is 0.308 e. The van der Waals surface area contributed by atoms with Gasteiger partial charge >= 0.3 is 5.97 Å². The van der Waals surface area contributed by atoms with E-state index in [9.17, 15) is 14.7 Å². The highest BCUT2D eigenvalue weighted by atomic mass is 32.1. The molecule has 1 aliphatic heterocycles. The summed E-state index contributed by atoms with van der Waals surface area (Å²) in [5, 5.41) is 9.43. The minimum absolute atomic E-state index is 0.0498. The summed E-state index contributed by atoms with van der Waals surface area (Å²) in [6.07, 6.45) is 6.87. The van der Waals surface area contributed by atoms with E-state index in [0.717, 1.165) is 30.6 Å². The first-order valence-electron chi connectivity index (χ1n) is 8.27. The summed E-state index contributed by atoms with van der Waals surface area (Å²) in [6.45, 7) is 1.01. The first-order chi connectivity index (χ1) is 10.6. The van der Waals surface area contributed by atoms with Crippen LogP contribution >= 0.6 is 11.3 Å². The largest absolute Gasteiger partial charge is 0.481 e. The second-order valence-corrected chi connectivity index (χ2v) is 8.06. The molecule has 1 saturated carbocycles. The monoisotopic (exact) mass is 319 g/mol. The van der Waals surface area contributed by atoms with Crippen molar-refractivity contribution in [2.24, 2.45) is 17.8 Å². The maximum absolute atomic E-state index is 12.8. The van der Waals surface area contributed by atoms with Gasteiger partial charge in [-0.25, -0.2) is 0 Å². The van der Waals surface area contributed by atoms with Crippen LogP contribution in [0.15, 0.2) is 6.07 Å². The highest BCUT2D eigenvalue weighted by Gasteiger charge is 2.47. The van der Waals surface area contributed by atoms with E-state index < -0.39 is 5.97 Å². The molecule has 2 heterocycles. The Balaban J connectivity index is 1.53. The van der Waals surface area contributed by atoms with Gasteiger partial charge in [0.2, 0.25) is 0 Å². The SMILES string of the molecule is O=C(O)[C@H]1CN(C(=O)c2cc3c(s2)CCCC3)C[C@@H]1C1CC1. The standard InChI is InChI=1S/C17H21NO3S/c19-16(15-7-11-3-1-2-4-14(11)22-15)18-8-12(10-5-6-10)13(9-18)17(20)21/h7,10,12-13H,1-6,8-9H2,(H,20,21)/t12-,13+/m1/s1. The molecule has 1 N–H and O–H groups in total. The van der Waals surface area contributed by atoms with E-state index in [1.54, 1.807) is 16.2 Å². The van der Waals surface area contributed by atoms with Crippen LogP contribution in [-0.2, 0) is 17.6 Å². The summed E-state index contributed by atoms with van der Waals surface area (Å²) < 4.78 is 0. The number of nitrogens with zero attached hydrogens (tertiary/aromatic N) is 1. The average molecular weight is 319 g/mol. The zero-order valence-electron chi connectivity index (χ0n) is 12.6. The molecule has 22 heavy (non-hydrogen) atoms. The lowest BCUT2D eigenvalue weighted by atomic mass is 9.92. The minimum Gasteiger partial charge on any atom is -0.481 e. The number of hydrogen-bond donors (Lipinski definition) is 1. The van der Waals surface area contributed by atoms with E-state index >= 15 is 0 Å². The van der Waals surface area contributed by atoms with E-state index in [2.05, 4.69) is 6.07 Å². The Labute approximate surface area is 134 Å². The second-order valence-electron chi connectivity index (χ2n) is 6.92. The normalized spacial score (nSPS) is 27.7. The number of carboxylic acids is 1. The lowest BCUT2D eigenvalue weighted by Gasteiger charge is -2.15. The van der Waals surface area contributed by atoms with Crippen molar-refractivity contribution in [1.82, 2.24) is 4.90 Å². The lowest BCUT2D eigenvalue weighted by molar-refractivity contribution is -0.142. The molecule has 4 nitrogen and oxygen atoms in total. The zero-order valence-corrected chi connectivity index (χ0v) is 13.4. The Kier molecular flexibility index (Phi) is 3.48. The predicted molar refractivity (Wildman–Crippen MR) is 84.2 cm³/mol. The molecule has 0 radical (unpaired) electrons. The van der Waals surface area contributed by atoms with Crippen molar-refractivity contribution >= 4 is 23.2 Å². The Bertz CT molecular complexity index is 596. The van der Waals surface area contributed by atoms with Crippen LogP contribution in [0.25, 0.3) is 0 Å². The van der Waals surface area contributed by atoms with E-state index in [0.29, 0.717) is 19.0 Å². The highest BCUT2D eigenvalue weighted by Crippen LogP contribution is 2.44. The van der Waals surface area contributed by atoms with Crippen molar-refractivity contribution < 1.29 is 14.7 Å². The summed E-state index contributed by atoms with van der Waals surface area (Å²) in [7, 11) is 0. The van der Waals surface area contributed by atoms with Gasteiger partial charge in [0, 0.05) is 18.0 Å². The molecule has 2 fully saturated rings. The predicted octanol–water partition coefficient (Wildman–Crippen LogP) is 2.81. The third-order valence-corrected chi connectivity index (χ3v) is 6.63. The molecule has 1 amide bonds. The number of thiophene rings is 1. The third-order valence-electron chi connectivity index (χ3n) is 5.40. The first kappa shape index (κ1) is 14.2. The molecule has 2 atom stereocenters. The number of likely N-dealkylation sites (tertiary alicyclic amines) is 1. The van der Waals surface area contributed by atoms with Gasteiger partial charge in [0.15, 0.2) is 0 Å². The molecule has 1 aromatic rings. The molecule has 1 aromatic heterocycles. The number of carbonyl (C=O) groups is 2. The fourth-order valence-corrected chi connectivity index (χ4v) is 5.23. The Hall–Kier alpha value is -1.36. The van der Waals surface area contributed by atoms with E-state index in [-0.39, 0.29) is 17.7 Å². The van der Waals surface area contributed by atoms with Gasteiger partial charge in [-0.05, 0) is 62.0 Å². The van der Waals surface area contributed by atoms with Crippen LogP contribution in [-0.4, -0.2) is 35.0 Å². The summed E-state index contributed by atoms with van der Waals surface area (Å²) >= 11 is 1.63. The molecular formula is C17H21NO3S. The number of fused-ring (bicyclic) bond motifs is 1. The molecule has 0 aromatic carbocycles. The summed E-state index contributed by atoms with van der Waals surface area (Å²) in [6, 6.07) is 2.06. The van der Waals surface area contributed by atoms with E-state index in [4.69, 9.17) is 0 Å². The minimum atomic E-state index is -0.738. The van der Waals surface area contributed by atoms with Gasteiger partial charge in [-0.3, -0.25) is 9.59 Å². The van der Waals surface area contributed by atoms with Crippen LogP contribution in [0, 0.1) is 17.8 Å². The van der Waals surface area contributed by atoms with E-state index in [1.165, 1.54) is 23.3 Å². The van der Waals surface area contributed by atoms with Gasteiger partial charge in [0.25, 0.3) is 5.91 Å². The fraction of sp³-hybridized carbons (Fsp3) is 0.647. The van der Waals surface area contributed by atoms with Crippen LogP contribution in [0.3, 0.4) is 0 Å². The number of carboxylic acid groups (broad SMARTS) is 1. The van der Waals surface area contributed by atoms with Crippen LogP contribution in [0.5, 0.6) is 0 Å². The zero-order chi connectivity index (χ0) is 15.3. The lowest BCUT2D eigenvalue weighted by Crippen LogP contribution is -2.29. The Morgan fingerprint density at radius 2 is 1.95 bits per heavy atom. The first-order valence-corrected chi connectivity index (χ1v) is 9.09. The van der Waals surface area contributed by atoms with Gasteiger partial charge in [-0.1, -0.05) is 0 Å². The van der Waals surface area contributed by atoms with Crippen molar-refractivity contribution in [1.29, 1.82) is 0 Å². The number of rotatable bonds is 3. The Morgan fingerprint density at radius 1 is 1.18 bits per heavy atom. The van der Waals surface area contributed by atoms with Crippen LogP contribution in [0.4, 0.5) is 0 Å². The summed E-state index contributed by atoms with van der Waals surface area (Å²) in [4.78, 5) is 28.2. The maximum Gasteiger partial charge on any atom is 0.308 e. The highest BCUT2D eigenvalue weighted by molar-refractivity contribution is 7.14. The molecular weight excluding hydrogens is 298 g/mol. The average Bonchev–Trinajstić information content (AvgIpc) is 3.11. The molecule has 118 valence electrons. The van der Waals surface area contributed by atoms with Gasteiger partial charge in [-0.15, -0.1) is 11.3 Å². The van der Waals surface area contributed by atoms with Crippen LogP contribution < -0.4 is 0 Å². The van der Waals surface area contributed by atoms with E-state index in [1.807, 2.05) is 0 Å². The Morgan fingerprint density at radius 3 is 2.64 bits per heavy atom. The van der Waals surface area contributed by atoms with Crippen molar-refractivity contribution in [3.05, 3.63) is 21.4 Å². The van der Waals surface area contributed by atoms with Crippen LogP contribution in [0.2, 0.25) is 0 Å². The molecule has 2 aliphatic carbocycles. The van der Waals surface area contributed by atoms with Crippen molar-refractivity contribution in [2.75, 3.05) is 13.1 Å².